The Morgan fingerprint density at radius 3 is 2.69 bits per heavy atom. The Balaban J connectivity index is 1.57. The van der Waals surface area contributed by atoms with E-state index in [9.17, 15) is 9.65 Å². The number of ether oxygens (including phenoxy) is 2. The molecule has 0 aliphatic heterocycles. The summed E-state index contributed by atoms with van der Waals surface area (Å²) in [6.45, 7) is 4.17. The monoisotopic (exact) mass is 568 g/mol. The second-order valence-corrected chi connectivity index (χ2v) is 9.06. The summed E-state index contributed by atoms with van der Waals surface area (Å²) in [5.74, 6) is 0.254. The van der Waals surface area contributed by atoms with Crippen LogP contribution < -0.4 is 15.4 Å². The molecule has 2 N–H and O–H groups in total. The summed E-state index contributed by atoms with van der Waals surface area (Å²) in [6, 6.07) is 18.1. The highest BCUT2D eigenvalue weighted by molar-refractivity contribution is 9.10. The van der Waals surface area contributed by atoms with Crippen LogP contribution in [0.15, 0.2) is 65.3 Å². The van der Waals surface area contributed by atoms with E-state index >= 15 is 0 Å². The Morgan fingerprint density at radius 1 is 1.08 bits per heavy atom. The molecule has 0 bridgehead atoms. The zero-order valence-electron chi connectivity index (χ0n) is 19.4. The Morgan fingerprint density at radius 2 is 1.92 bits per heavy atom. The van der Waals surface area contributed by atoms with Crippen molar-refractivity contribution in [2.75, 3.05) is 30.5 Å². The standard InChI is InChI=1S/C27H23BrClFN4O2/c1-2-35-9-10-36-21-5-6-23(28)17(11-21)15-32-19-4-8-26-22(12-19)27(18(14-31)16-33-26)34-20-3-7-25(30)24(29)13-20/h3-8,11-13,16,32H,2,9-10,15H2,1H3,(H,33,34). The third-order valence-corrected chi connectivity index (χ3v) is 6.44. The van der Waals surface area contributed by atoms with Crippen LogP contribution in [0.25, 0.3) is 10.9 Å². The number of nitriles is 1. The van der Waals surface area contributed by atoms with Gasteiger partial charge in [-0.05, 0) is 67.1 Å². The Kier molecular flexibility index (Phi) is 8.60. The summed E-state index contributed by atoms with van der Waals surface area (Å²) in [4.78, 5) is 4.40. The van der Waals surface area contributed by atoms with Crippen molar-refractivity contribution < 1.29 is 13.9 Å². The number of nitrogens with zero attached hydrogens (tertiary/aromatic N) is 2. The van der Waals surface area contributed by atoms with Crippen molar-refractivity contribution in [3.8, 4) is 11.8 Å². The van der Waals surface area contributed by atoms with Gasteiger partial charge < -0.3 is 20.1 Å². The van der Waals surface area contributed by atoms with E-state index in [1.807, 2.05) is 43.3 Å². The number of hydrogen-bond acceptors (Lipinski definition) is 6. The van der Waals surface area contributed by atoms with Crippen LogP contribution in [0.2, 0.25) is 5.02 Å². The maximum Gasteiger partial charge on any atom is 0.141 e. The van der Waals surface area contributed by atoms with Crippen molar-refractivity contribution in [2.24, 2.45) is 0 Å². The van der Waals surface area contributed by atoms with E-state index < -0.39 is 5.82 Å². The highest BCUT2D eigenvalue weighted by Crippen LogP contribution is 2.32. The molecule has 0 fully saturated rings. The molecule has 0 spiro atoms. The Labute approximate surface area is 222 Å². The number of fused-ring (bicyclic) bond motifs is 1. The van der Waals surface area contributed by atoms with E-state index in [4.69, 9.17) is 21.1 Å². The maximum absolute atomic E-state index is 13.6. The predicted octanol–water partition coefficient (Wildman–Crippen LogP) is 7.43. The van der Waals surface area contributed by atoms with Crippen LogP contribution >= 0.6 is 27.5 Å². The SMILES string of the molecule is CCOCCOc1ccc(Br)c(CNc2ccc3ncc(C#N)c(Nc4ccc(F)c(Cl)c4)c3c2)c1. The van der Waals surface area contributed by atoms with Crippen LogP contribution in [0.1, 0.15) is 18.1 Å². The molecule has 0 unspecified atom stereocenters. The first-order valence-electron chi connectivity index (χ1n) is 11.3. The lowest BCUT2D eigenvalue weighted by Crippen LogP contribution is -2.07. The van der Waals surface area contributed by atoms with Gasteiger partial charge in [0.05, 0.1) is 28.4 Å². The van der Waals surface area contributed by atoms with Crippen molar-refractivity contribution >= 4 is 55.5 Å². The molecule has 0 aliphatic carbocycles. The van der Waals surface area contributed by atoms with Crippen LogP contribution in [0.5, 0.6) is 5.75 Å². The molecule has 9 heteroatoms. The van der Waals surface area contributed by atoms with Gasteiger partial charge in [-0.3, -0.25) is 4.98 Å². The molecule has 1 heterocycles. The van der Waals surface area contributed by atoms with E-state index in [1.165, 1.54) is 18.3 Å². The van der Waals surface area contributed by atoms with Crippen LogP contribution in [-0.2, 0) is 11.3 Å². The van der Waals surface area contributed by atoms with Gasteiger partial charge in [-0.15, -0.1) is 0 Å². The van der Waals surface area contributed by atoms with Crippen LogP contribution in [0.4, 0.5) is 21.5 Å². The first-order valence-corrected chi connectivity index (χ1v) is 12.4. The molecule has 0 aliphatic rings. The minimum absolute atomic E-state index is 0.00565. The van der Waals surface area contributed by atoms with Gasteiger partial charge >= 0.3 is 0 Å². The summed E-state index contributed by atoms with van der Waals surface area (Å²) in [7, 11) is 0. The fourth-order valence-corrected chi connectivity index (χ4v) is 4.14. The molecule has 4 rings (SSSR count). The number of pyridine rings is 1. The summed E-state index contributed by atoms with van der Waals surface area (Å²) in [5.41, 5.74) is 4.07. The lowest BCUT2D eigenvalue weighted by atomic mass is 10.1. The third-order valence-electron chi connectivity index (χ3n) is 5.38. The lowest BCUT2D eigenvalue weighted by Gasteiger charge is -2.14. The van der Waals surface area contributed by atoms with Gasteiger partial charge in [0.1, 0.15) is 24.2 Å². The van der Waals surface area contributed by atoms with E-state index in [0.29, 0.717) is 48.8 Å². The maximum atomic E-state index is 13.6. The number of aromatic nitrogens is 1. The molecule has 184 valence electrons. The topological polar surface area (TPSA) is 79.2 Å². The van der Waals surface area contributed by atoms with Crippen LogP contribution in [-0.4, -0.2) is 24.8 Å². The van der Waals surface area contributed by atoms with Crippen molar-refractivity contribution in [1.82, 2.24) is 4.98 Å². The minimum atomic E-state index is -0.510. The highest BCUT2D eigenvalue weighted by Gasteiger charge is 2.12. The second-order valence-electron chi connectivity index (χ2n) is 7.80. The molecule has 0 atom stereocenters. The van der Waals surface area contributed by atoms with Gasteiger partial charge in [-0.2, -0.15) is 5.26 Å². The third kappa shape index (κ3) is 6.24. The molecule has 4 aromatic rings. The van der Waals surface area contributed by atoms with Crippen LogP contribution in [0, 0.1) is 17.1 Å². The van der Waals surface area contributed by atoms with Gasteiger partial charge in [-0.1, -0.05) is 27.5 Å². The molecule has 6 nitrogen and oxygen atoms in total. The molecule has 0 amide bonds. The number of anilines is 3. The summed E-state index contributed by atoms with van der Waals surface area (Å²) < 4.78 is 25.7. The predicted molar refractivity (Wildman–Crippen MR) is 145 cm³/mol. The number of nitrogens with one attached hydrogen (secondary N) is 2. The minimum Gasteiger partial charge on any atom is -0.491 e. The van der Waals surface area contributed by atoms with Gasteiger partial charge in [-0.25, -0.2) is 4.39 Å². The Hall–Kier alpha value is -3.38. The molecular formula is C27H23BrClFN4O2. The molecule has 1 aromatic heterocycles. The summed E-state index contributed by atoms with van der Waals surface area (Å²) in [5, 5.41) is 17.0. The van der Waals surface area contributed by atoms with Gasteiger partial charge in [0.2, 0.25) is 0 Å². The highest BCUT2D eigenvalue weighted by atomic mass is 79.9. The number of rotatable bonds is 10. The number of halogens is 3. The second kappa shape index (κ2) is 12.0. The molecule has 36 heavy (non-hydrogen) atoms. The van der Waals surface area contributed by atoms with E-state index in [-0.39, 0.29) is 5.02 Å². The Bertz CT molecular complexity index is 1430. The van der Waals surface area contributed by atoms with Crippen molar-refractivity contribution in [2.45, 2.75) is 13.5 Å². The quantitative estimate of drug-likeness (QED) is 0.193. The first-order chi connectivity index (χ1) is 17.5. The van der Waals surface area contributed by atoms with Crippen molar-refractivity contribution in [1.29, 1.82) is 5.26 Å². The first kappa shape index (κ1) is 25.7. The van der Waals surface area contributed by atoms with E-state index in [2.05, 4.69) is 37.6 Å². The average Bonchev–Trinajstić information content (AvgIpc) is 2.89. The zero-order chi connectivity index (χ0) is 25.5. The van der Waals surface area contributed by atoms with E-state index in [1.54, 1.807) is 6.07 Å². The lowest BCUT2D eigenvalue weighted by molar-refractivity contribution is 0.110. The summed E-state index contributed by atoms with van der Waals surface area (Å²) in [6.07, 6.45) is 1.51. The number of benzene rings is 3. The molecule has 0 saturated heterocycles. The van der Waals surface area contributed by atoms with Gasteiger partial charge in [0, 0.05) is 40.6 Å². The van der Waals surface area contributed by atoms with E-state index in [0.717, 1.165) is 26.9 Å². The van der Waals surface area contributed by atoms with Crippen molar-refractivity contribution in [3.05, 3.63) is 87.2 Å². The normalized spacial score (nSPS) is 10.8. The molecule has 0 saturated carbocycles. The average molecular weight is 570 g/mol. The molecule has 3 aromatic carbocycles. The molecular weight excluding hydrogens is 547 g/mol. The smallest absolute Gasteiger partial charge is 0.141 e. The van der Waals surface area contributed by atoms with Gasteiger partial charge in [0.25, 0.3) is 0 Å². The van der Waals surface area contributed by atoms with Crippen molar-refractivity contribution in [3.63, 3.8) is 0 Å². The number of hydrogen-bond donors (Lipinski definition) is 2. The molecule has 0 radical (unpaired) electrons. The zero-order valence-corrected chi connectivity index (χ0v) is 21.8. The van der Waals surface area contributed by atoms with Gasteiger partial charge in [0.15, 0.2) is 0 Å². The van der Waals surface area contributed by atoms with Crippen LogP contribution in [0.3, 0.4) is 0 Å². The fraction of sp³-hybridized carbons (Fsp3) is 0.185. The summed E-state index contributed by atoms with van der Waals surface area (Å²) >= 11 is 9.54. The largest absolute Gasteiger partial charge is 0.491 e. The fourth-order valence-electron chi connectivity index (χ4n) is 3.58.